The van der Waals surface area contributed by atoms with Crippen molar-refractivity contribution >= 4 is 10.8 Å². The molecule has 3 rings (SSSR count). The molecular weight excluding hydrogens is 250 g/mol. The number of fused-ring (bicyclic) bond motifs is 1. The van der Waals surface area contributed by atoms with Crippen LogP contribution in [0.5, 0.6) is 5.75 Å². The Morgan fingerprint density at radius 1 is 1.10 bits per heavy atom. The van der Waals surface area contributed by atoms with Crippen LogP contribution in [0.4, 0.5) is 0 Å². The van der Waals surface area contributed by atoms with Crippen LogP contribution in [0, 0.1) is 5.92 Å². The van der Waals surface area contributed by atoms with Crippen LogP contribution in [-0.2, 0) is 6.54 Å². The van der Waals surface area contributed by atoms with Crippen molar-refractivity contribution in [3.05, 3.63) is 42.0 Å². The molecule has 20 heavy (non-hydrogen) atoms. The third kappa shape index (κ3) is 2.51. The van der Waals surface area contributed by atoms with Crippen LogP contribution in [0.2, 0.25) is 0 Å². The zero-order valence-electron chi connectivity index (χ0n) is 11.5. The lowest BCUT2D eigenvalue weighted by atomic mass is 10.0. The molecule has 2 atom stereocenters. The van der Waals surface area contributed by atoms with Gasteiger partial charge in [0.25, 0.3) is 0 Å². The summed E-state index contributed by atoms with van der Waals surface area (Å²) < 4.78 is 0. The van der Waals surface area contributed by atoms with Crippen molar-refractivity contribution in [3.63, 3.8) is 0 Å². The molecule has 1 aliphatic carbocycles. The molecule has 106 valence electrons. The highest BCUT2D eigenvalue weighted by atomic mass is 16.3. The van der Waals surface area contributed by atoms with Gasteiger partial charge in [-0.3, -0.25) is 0 Å². The van der Waals surface area contributed by atoms with E-state index in [1.165, 1.54) is 6.42 Å². The fraction of sp³-hybridized carbons (Fsp3) is 0.412. The Kier molecular flexibility index (Phi) is 3.90. The van der Waals surface area contributed by atoms with Crippen molar-refractivity contribution in [3.8, 4) is 5.75 Å². The van der Waals surface area contributed by atoms with E-state index in [2.05, 4.69) is 11.4 Å². The van der Waals surface area contributed by atoms with Gasteiger partial charge in [0.2, 0.25) is 0 Å². The Labute approximate surface area is 119 Å². The highest BCUT2D eigenvalue weighted by molar-refractivity contribution is 5.87. The quantitative estimate of drug-likeness (QED) is 0.801. The van der Waals surface area contributed by atoms with Crippen LogP contribution in [0.25, 0.3) is 10.8 Å². The third-order valence-corrected chi connectivity index (χ3v) is 4.45. The molecule has 0 bridgehead atoms. The Bertz CT molecular complexity index is 597. The number of rotatable bonds is 4. The number of benzene rings is 2. The Morgan fingerprint density at radius 2 is 1.95 bits per heavy atom. The summed E-state index contributed by atoms with van der Waals surface area (Å²) in [7, 11) is 0. The molecule has 3 N–H and O–H groups in total. The number of phenols is 1. The average molecular weight is 271 g/mol. The zero-order valence-corrected chi connectivity index (χ0v) is 11.5. The van der Waals surface area contributed by atoms with Gasteiger partial charge in [-0.2, -0.15) is 0 Å². The summed E-state index contributed by atoms with van der Waals surface area (Å²) in [6.45, 7) is 0.896. The minimum atomic E-state index is 0.249. The van der Waals surface area contributed by atoms with Gasteiger partial charge in [0.1, 0.15) is 5.75 Å². The molecule has 2 aromatic carbocycles. The monoisotopic (exact) mass is 271 g/mol. The van der Waals surface area contributed by atoms with Gasteiger partial charge < -0.3 is 15.5 Å². The number of phenolic OH excluding ortho intramolecular Hbond substituents is 1. The molecule has 1 fully saturated rings. The Hall–Kier alpha value is -1.58. The normalized spacial score (nSPS) is 22.4. The molecule has 0 spiro atoms. The lowest BCUT2D eigenvalue weighted by molar-refractivity contribution is 0.205. The summed E-state index contributed by atoms with van der Waals surface area (Å²) in [4.78, 5) is 0. The molecule has 0 aromatic heterocycles. The second kappa shape index (κ2) is 5.81. The van der Waals surface area contributed by atoms with Crippen LogP contribution in [0.3, 0.4) is 0 Å². The van der Waals surface area contributed by atoms with Gasteiger partial charge in [0.05, 0.1) is 0 Å². The molecule has 1 aliphatic rings. The molecule has 0 aliphatic heterocycles. The molecule has 1 saturated carbocycles. The summed E-state index contributed by atoms with van der Waals surface area (Å²) in [6.07, 6.45) is 3.37. The maximum atomic E-state index is 10.1. The number of aliphatic hydroxyl groups excluding tert-OH is 1. The number of hydrogen-bond acceptors (Lipinski definition) is 3. The van der Waals surface area contributed by atoms with E-state index in [1.54, 1.807) is 6.07 Å². The first-order valence-electron chi connectivity index (χ1n) is 7.33. The molecule has 3 heteroatoms. The van der Waals surface area contributed by atoms with Crippen LogP contribution in [0.15, 0.2) is 36.4 Å². The lowest BCUT2D eigenvalue weighted by Gasteiger charge is -2.20. The second-order valence-corrected chi connectivity index (χ2v) is 5.65. The van der Waals surface area contributed by atoms with Crippen molar-refractivity contribution in [1.82, 2.24) is 5.32 Å². The maximum Gasteiger partial charge on any atom is 0.120 e. The van der Waals surface area contributed by atoms with E-state index in [-0.39, 0.29) is 6.61 Å². The molecule has 2 unspecified atom stereocenters. The van der Waals surface area contributed by atoms with Crippen molar-refractivity contribution in [2.45, 2.75) is 31.8 Å². The predicted molar refractivity (Wildman–Crippen MR) is 80.7 cm³/mol. The van der Waals surface area contributed by atoms with E-state index in [0.29, 0.717) is 24.3 Å². The minimum Gasteiger partial charge on any atom is -0.508 e. The highest BCUT2D eigenvalue weighted by Gasteiger charge is 2.26. The largest absolute Gasteiger partial charge is 0.508 e. The van der Waals surface area contributed by atoms with Gasteiger partial charge in [-0.05, 0) is 35.6 Å². The summed E-state index contributed by atoms with van der Waals surface area (Å²) in [5, 5.41) is 25.2. The van der Waals surface area contributed by atoms with E-state index in [0.717, 1.165) is 29.2 Å². The molecule has 0 amide bonds. The smallest absolute Gasteiger partial charge is 0.120 e. The standard InChI is InChI=1S/C17H21NO2/c19-11-13-5-3-7-16(13)18-10-15-14-6-2-1-4-12(14)8-9-17(15)20/h1-2,4,6,8-9,13,16,18-20H,3,5,7,10-11H2. The third-order valence-electron chi connectivity index (χ3n) is 4.45. The molecule has 0 radical (unpaired) electrons. The number of aliphatic hydroxyl groups is 1. The first-order valence-corrected chi connectivity index (χ1v) is 7.33. The fourth-order valence-corrected chi connectivity index (χ4v) is 3.27. The molecule has 0 heterocycles. The number of aromatic hydroxyl groups is 1. The van der Waals surface area contributed by atoms with E-state index < -0.39 is 0 Å². The summed E-state index contributed by atoms with van der Waals surface area (Å²) >= 11 is 0. The van der Waals surface area contributed by atoms with Gasteiger partial charge in [-0.25, -0.2) is 0 Å². The average Bonchev–Trinajstić information content (AvgIpc) is 2.94. The molecule has 0 saturated heterocycles. The summed E-state index contributed by atoms with van der Waals surface area (Å²) in [5.41, 5.74) is 0.951. The van der Waals surface area contributed by atoms with Crippen LogP contribution < -0.4 is 5.32 Å². The van der Waals surface area contributed by atoms with E-state index in [9.17, 15) is 10.2 Å². The minimum absolute atomic E-state index is 0.249. The van der Waals surface area contributed by atoms with Crippen molar-refractivity contribution in [1.29, 1.82) is 0 Å². The van der Waals surface area contributed by atoms with Gasteiger partial charge >= 0.3 is 0 Å². The van der Waals surface area contributed by atoms with Gasteiger partial charge in [0, 0.05) is 24.8 Å². The Balaban J connectivity index is 1.82. The molecular formula is C17H21NO2. The van der Waals surface area contributed by atoms with Crippen molar-refractivity contribution in [2.75, 3.05) is 6.61 Å². The summed E-state index contributed by atoms with van der Waals surface area (Å²) in [5.74, 6) is 0.696. The number of hydrogen-bond donors (Lipinski definition) is 3. The van der Waals surface area contributed by atoms with E-state index in [4.69, 9.17) is 0 Å². The highest BCUT2D eigenvalue weighted by Crippen LogP contribution is 2.29. The topological polar surface area (TPSA) is 52.5 Å². The first-order chi connectivity index (χ1) is 9.79. The van der Waals surface area contributed by atoms with Gasteiger partial charge in [-0.15, -0.1) is 0 Å². The van der Waals surface area contributed by atoms with Crippen LogP contribution in [-0.4, -0.2) is 22.9 Å². The lowest BCUT2D eigenvalue weighted by Crippen LogP contribution is -2.33. The zero-order chi connectivity index (χ0) is 13.9. The van der Waals surface area contributed by atoms with Crippen molar-refractivity contribution < 1.29 is 10.2 Å². The second-order valence-electron chi connectivity index (χ2n) is 5.65. The maximum absolute atomic E-state index is 10.1. The SMILES string of the molecule is OCC1CCCC1NCc1c(O)ccc2ccccc12. The van der Waals surface area contributed by atoms with Gasteiger partial charge in [0.15, 0.2) is 0 Å². The van der Waals surface area contributed by atoms with Crippen molar-refractivity contribution in [2.24, 2.45) is 5.92 Å². The van der Waals surface area contributed by atoms with E-state index in [1.807, 2.05) is 24.3 Å². The first kappa shape index (κ1) is 13.4. The molecule has 3 nitrogen and oxygen atoms in total. The predicted octanol–water partition coefficient (Wildman–Crippen LogP) is 2.80. The summed E-state index contributed by atoms with van der Waals surface area (Å²) in [6, 6.07) is 12.2. The van der Waals surface area contributed by atoms with E-state index >= 15 is 0 Å². The van der Waals surface area contributed by atoms with Crippen LogP contribution in [0.1, 0.15) is 24.8 Å². The Morgan fingerprint density at radius 3 is 2.80 bits per heavy atom. The molecule has 2 aromatic rings. The number of nitrogens with one attached hydrogen (secondary N) is 1. The van der Waals surface area contributed by atoms with Crippen LogP contribution >= 0.6 is 0 Å². The van der Waals surface area contributed by atoms with Gasteiger partial charge in [-0.1, -0.05) is 36.8 Å². The fourth-order valence-electron chi connectivity index (χ4n) is 3.27.